The van der Waals surface area contributed by atoms with Gasteiger partial charge in [0, 0.05) is 59.3 Å². The number of thiophene rings is 1. The van der Waals surface area contributed by atoms with Gasteiger partial charge < -0.3 is 5.11 Å². The van der Waals surface area contributed by atoms with E-state index >= 15 is 0 Å². The third kappa shape index (κ3) is 13.6. The Kier molecular flexibility index (Phi) is 17.5. The minimum absolute atomic E-state index is 0. The van der Waals surface area contributed by atoms with Crippen molar-refractivity contribution in [1.29, 1.82) is 0 Å². The number of rotatable bonds is 12. The van der Waals surface area contributed by atoms with Gasteiger partial charge in [-0.3, -0.25) is 9.78 Å². The minimum atomic E-state index is -1.63. The van der Waals surface area contributed by atoms with Crippen molar-refractivity contribution in [1.82, 2.24) is 4.98 Å². The van der Waals surface area contributed by atoms with Crippen LogP contribution >= 0.6 is 11.3 Å². The van der Waals surface area contributed by atoms with Crippen LogP contribution in [0.15, 0.2) is 60.5 Å². The van der Waals surface area contributed by atoms with Gasteiger partial charge in [0.2, 0.25) is 0 Å². The van der Waals surface area contributed by atoms with Gasteiger partial charge in [0.1, 0.15) is 0 Å². The van der Waals surface area contributed by atoms with E-state index in [0.29, 0.717) is 23.7 Å². The Balaban J connectivity index is 0.000000422. The third-order valence-corrected chi connectivity index (χ3v) is 16.9. The first kappa shape index (κ1) is 52.9. The number of carbonyl (C=O) groups excluding carboxylic acids is 1. The number of allylic oxidation sites excluding steroid dienone is 2. The van der Waals surface area contributed by atoms with Crippen molar-refractivity contribution in [2.45, 2.75) is 149 Å². The molecule has 1 N–H and O–H groups in total. The summed E-state index contributed by atoms with van der Waals surface area (Å²) >= 11 is 1.93. The van der Waals surface area contributed by atoms with Crippen LogP contribution in [0.1, 0.15) is 108 Å². The Morgan fingerprint density at radius 2 is 1.18 bits per heavy atom. The Bertz CT molecular complexity index is 2310. The molecule has 0 bridgehead atoms. The molecule has 2 aromatic heterocycles. The molecule has 0 aliphatic heterocycles. The van der Waals surface area contributed by atoms with Crippen LogP contribution in [0.4, 0.5) is 0 Å². The first-order valence-electron chi connectivity index (χ1n) is 22.7. The van der Waals surface area contributed by atoms with E-state index in [9.17, 15) is 9.90 Å². The van der Waals surface area contributed by atoms with Crippen LogP contribution in [-0.2, 0) is 37.7 Å². The molecule has 5 rings (SSSR count). The summed E-state index contributed by atoms with van der Waals surface area (Å²) < 4.78 is 2.71. The average Bonchev–Trinajstić information content (AvgIpc) is 3.43. The van der Waals surface area contributed by atoms with Crippen molar-refractivity contribution in [3.63, 3.8) is 0 Å². The van der Waals surface area contributed by atoms with Crippen LogP contribution in [0.2, 0.25) is 39.3 Å². The number of nitrogens with zero attached hydrogens (tertiary/aromatic N) is 1. The van der Waals surface area contributed by atoms with Crippen molar-refractivity contribution >= 4 is 74.6 Å². The second-order valence-corrected chi connectivity index (χ2v) is 34.7. The number of carbonyl (C=O) groups is 1. The topological polar surface area (TPSA) is 50.2 Å². The number of hydrogen-bond donors (Lipinski definition) is 1. The van der Waals surface area contributed by atoms with Gasteiger partial charge in [-0.2, -0.15) is 0 Å². The summed E-state index contributed by atoms with van der Waals surface area (Å²) in [6.07, 6.45) is 5.83. The predicted molar refractivity (Wildman–Crippen MR) is 273 cm³/mol. The van der Waals surface area contributed by atoms with Crippen LogP contribution in [-0.4, -0.2) is 32.0 Å². The van der Waals surface area contributed by atoms with Crippen LogP contribution in [0, 0.1) is 52.4 Å². The van der Waals surface area contributed by atoms with Crippen molar-refractivity contribution < 1.29 is 30.0 Å². The summed E-state index contributed by atoms with van der Waals surface area (Å²) in [5.41, 5.74) is 5.57. The van der Waals surface area contributed by atoms with E-state index in [1.807, 2.05) is 11.3 Å². The van der Waals surface area contributed by atoms with E-state index in [0.717, 1.165) is 24.1 Å². The van der Waals surface area contributed by atoms with E-state index < -0.39 is 16.1 Å². The third-order valence-electron chi connectivity index (χ3n) is 11.7. The van der Waals surface area contributed by atoms with Gasteiger partial charge in [-0.05, 0) is 74.9 Å². The van der Waals surface area contributed by atoms with Crippen LogP contribution in [0.3, 0.4) is 0 Å². The van der Waals surface area contributed by atoms with E-state index in [2.05, 4.69) is 191 Å². The Morgan fingerprint density at radius 3 is 1.64 bits per heavy atom. The molecule has 337 valence electrons. The number of pyridine rings is 1. The molecule has 2 heterocycles. The molecule has 0 saturated heterocycles. The van der Waals surface area contributed by atoms with Gasteiger partial charge >= 0.3 is 0 Å². The maximum Gasteiger partial charge on any atom is 0.162 e. The molecule has 0 aliphatic rings. The summed E-state index contributed by atoms with van der Waals surface area (Å²) in [6.45, 7) is 45.3. The molecule has 0 saturated carbocycles. The molecular weight excluding hydrogens is 975 g/mol. The molecule has 0 aliphatic carbocycles. The van der Waals surface area contributed by atoms with Gasteiger partial charge in [-0.1, -0.05) is 177 Å². The summed E-state index contributed by atoms with van der Waals surface area (Å²) in [7, 11) is -3.26. The molecule has 0 unspecified atom stereocenters. The zero-order chi connectivity index (χ0) is 45.4. The maximum atomic E-state index is 12.3. The number of fused-ring (bicyclic) bond motifs is 4. The molecule has 61 heavy (non-hydrogen) atoms. The van der Waals surface area contributed by atoms with Crippen molar-refractivity contribution in [2.75, 3.05) is 0 Å². The fraction of sp³-hybridized carbons (Fsp3) is 0.556. The SMILES string of the molecule is CC(C)(C)Cc1ccc2c([Si](C)(C)C)cc(-c3ncc([Si](C)(C)C)c4c3sc3cc(CC(C)(C)C)ccc34)[c-]c2c1.CC(C)C(C(=O)/C=C(\O)C(C(C)C)C(C)C)C(C)C.[Ir]. The monoisotopic (exact) mass is 1060 g/mol. The van der Waals surface area contributed by atoms with Gasteiger partial charge in [-0.25, -0.2) is 0 Å². The summed E-state index contributed by atoms with van der Waals surface area (Å²) in [4.78, 5) is 17.6. The van der Waals surface area contributed by atoms with Crippen molar-refractivity contribution in [3.8, 4) is 11.3 Å². The average molecular weight is 1060 g/mol. The quantitative estimate of drug-likeness (QED) is 0.0586. The number of hydrogen-bond acceptors (Lipinski definition) is 4. The molecule has 7 heteroatoms. The number of aliphatic hydroxyl groups is 1. The molecular formula is C54H80IrNO2SSi2-. The summed E-state index contributed by atoms with van der Waals surface area (Å²) in [6, 6.07) is 20.6. The van der Waals surface area contributed by atoms with Gasteiger partial charge in [0.05, 0.1) is 21.9 Å². The molecule has 0 fully saturated rings. The summed E-state index contributed by atoms with van der Waals surface area (Å²) in [5, 5.41) is 18.7. The molecule has 0 atom stereocenters. The van der Waals surface area contributed by atoms with Gasteiger partial charge in [0.15, 0.2) is 5.78 Å². The van der Waals surface area contributed by atoms with E-state index in [-0.39, 0.29) is 54.3 Å². The van der Waals surface area contributed by atoms with E-state index in [1.54, 1.807) is 0 Å². The predicted octanol–water partition coefficient (Wildman–Crippen LogP) is 15.2. The van der Waals surface area contributed by atoms with Gasteiger partial charge in [-0.15, -0.1) is 40.1 Å². The summed E-state index contributed by atoms with van der Waals surface area (Å²) in [5.74, 6) is 1.63. The van der Waals surface area contributed by atoms with E-state index in [4.69, 9.17) is 4.98 Å². The minimum Gasteiger partial charge on any atom is -0.512 e. The zero-order valence-corrected chi connectivity index (χ0v) is 46.8. The maximum absolute atomic E-state index is 12.3. The molecule has 1 radical (unpaired) electrons. The number of benzene rings is 3. The Hall–Kier alpha value is -2.42. The Labute approximate surface area is 391 Å². The zero-order valence-electron chi connectivity index (χ0n) is 41.6. The molecule has 3 aromatic carbocycles. The van der Waals surface area contributed by atoms with Crippen LogP contribution in [0.25, 0.3) is 42.2 Å². The van der Waals surface area contributed by atoms with Crippen LogP contribution in [0.5, 0.6) is 0 Å². The van der Waals surface area contributed by atoms with Crippen molar-refractivity contribution in [3.05, 3.63) is 77.7 Å². The number of ketones is 1. The van der Waals surface area contributed by atoms with E-state index in [1.165, 1.54) is 58.5 Å². The molecule has 5 aromatic rings. The first-order valence-corrected chi connectivity index (χ1v) is 30.5. The molecule has 3 nitrogen and oxygen atoms in total. The standard InChI is InChI=1S/C37H48NSSi2.C17H32O2.Ir/c1-36(2,3)21-24-13-15-28-26(17-24)19-27(20-31(28)40(7,8)9)34-35-33(32(23-38-34)41(10,11)12)29-16-14-25(18-30(29)39-35)22-37(4,5)6;1-10(2)16(11(3)4)14(18)9-15(19)17(12(5)6)13(7)8;/h13-18,20,23H,21-22H2,1-12H3;9-13,16-18H,1-8H3;/q-1;;/b;14-9-;. The fourth-order valence-electron chi connectivity index (χ4n) is 9.33. The van der Waals surface area contributed by atoms with Crippen molar-refractivity contribution in [2.24, 2.45) is 46.3 Å². The van der Waals surface area contributed by atoms with Crippen LogP contribution < -0.4 is 10.4 Å². The number of aliphatic hydroxyl groups excluding tert-OH is 1. The smallest absolute Gasteiger partial charge is 0.162 e. The largest absolute Gasteiger partial charge is 0.512 e. The normalized spacial score (nSPS) is 13.4. The molecule has 0 amide bonds. The fourth-order valence-corrected chi connectivity index (χ4v) is 13.8. The first-order chi connectivity index (χ1) is 27.4. The van der Waals surface area contributed by atoms with Gasteiger partial charge in [0.25, 0.3) is 0 Å². The number of aromatic nitrogens is 1. The molecule has 0 spiro atoms. The second-order valence-electron chi connectivity index (χ2n) is 23.6. The second kappa shape index (κ2) is 20.2. The Morgan fingerprint density at radius 1 is 0.705 bits per heavy atom.